The van der Waals surface area contributed by atoms with E-state index in [0.717, 1.165) is 58.7 Å². The van der Waals surface area contributed by atoms with Crippen LogP contribution >= 0.6 is 11.3 Å². The number of hydrogen-bond donors (Lipinski definition) is 2. The van der Waals surface area contributed by atoms with E-state index in [9.17, 15) is 9.18 Å². The van der Waals surface area contributed by atoms with E-state index in [0.29, 0.717) is 5.56 Å². The maximum atomic E-state index is 13.7. The van der Waals surface area contributed by atoms with Gasteiger partial charge in [-0.25, -0.2) is 9.37 Å². The molecule has 6 heteroatoms. The Kier molecular flexibility index (Phi) is 4.43. The largest absolute Gasteiger partial charge is 0.338 e. The van der Waals surface area contributed by atoms with Crippen molar-refractivity contribution in [2.75, 3.05) is 5.32 Å². The number of thiophene rings is 1. The number of aromatic nitrogens is 2. The molecule has 0 aliphatic heterocycles. The number of nitrogens with zero attached hydrogens (tertiary/aromatic N) is 1. The Morgan fingerprint density at radius 2 is 2.00 bits per heavy atom. The molecule has 0 saturated heterocycles. The highest BCUT2D eigenvalue weighted by molar-refractivity contribution is 7.17. The first-order valence-corrected chi connectivity index (χ1v) is 10.6. The zero-order valence-electron chi connectivity index (χ0n) is 16.0. The first-order chi connectivity index (χ1) is 14.1. The van der Waals surface area contributed by atoms with E-state index in [1.165, 1.54) is 22.6 Å². The Balaban J connectivity index is 1.60. The van der Waals surface area contributed by atoms with Gasteiger partial charge in [-0.1, -0.05) is 18.2 Å². The molecule has 2 aromatic heterocycles. The number of H-pyrrole nitrogens is 1. The first-order valence-electron chi connectivity index (χ1n) is 9.77. The Morgan fingerprint density at radius 3 is 2.86 bits per heavy atom. The van der Waals surface area contributed by atoms with Gasteiger partial charge in [-0.05, 0) is 68.0 Å². The molecule has 0 unspecified atom stereocenters. The zero-order chi connectivity index (χ0) is 20.0. The van der Waals surface area contributed by atoms with Crippen LogP contribution in [-0.2, 0) is 12.8 Å². The number of fused-ring (bicyclic) bond motifs is 2. The van der Waals surface area contributed by atoms with Gasteiger partial charge in [-0.2, -0.15) is 0 Å². The van der Waals surface area contributed by atoms with Crippen LogP contribution < -0.4 is 5.32 Å². The fourth-order valence-electron chi connectivity index (χ4n) is 3.98. The maximum Gasteiger partial charge on any atom is 0.256 e. The number of carbonyl (C=O) groups excluding carboxylic acids is 1. The molecule has 146 valence electrons. The van der Waals surface area contributed by atoms with Crippen LogP contribution in [0.3, 0.4) is 0 Å². The van der Waals surface area contributed by atoms with Gasteiger partial charge in [0.1, 0.15) is 16.6 Å². The molecule has 1 amide bonds. The number of rotatable bonds is 3. The maximum absolute atomic E-state index is 13.7. The number of anilines is 1. The minimum atomic E-state index is -0.413. The quantitative estimate of drug-likeness (QED) is 0.448. The number of aromatic amines is 1. The average molecular weight is 405 g/mol. The van der Waals surface area contributed by atoms with Crippen LogP contribution in [0.15, 0.2) is 42.5 Å². The summed E-state index contributed by atoms with van der Waals surface area (Å²) in [6.07, 6.45) is 4.28. The molecule has 1 aliphatic carbocycles. The number of imidazole rings is 1. The predicted molar refractivity (Wildman–Crippen MR) is 115 cm³/mol. The molecule has 2 N–H and O–H groups in total. The summed E-state index contributed by atoms with van der Waals surface area (Å²) in [7, 11) is 0. The van der Waals surface area contributed by atoms with E-state index in [4.69, 9.17) is 4.98 Å². The fourth-order valence-corrected chi connectivity index (χ4v) is 5.27. The van der Waals surface area contributed by atoms with Crippen molar-refractivity contribution in [2.45, 2.75) is 32.6 Å². The number of aryl methyl sites for hydroxylation is 2. The van der Waals surface area contributed by atoms with Crippen LogP contribution in [0.2, 0.25) is 0 Å². The van der Waals surface area contributed by atoms with Crippen LogP contribution in [0.4, 0.5) is 9.39 Å². The molecule has 0 atom stereocenters. The number of nitrogens with one attached hydrogen (secondary N) is 2. The number of benzene rings is 2. The smallest absolute Gasteiger partial charge is 0.256 e. The van der Waals surface area contributed by atoms with Gasteiger partial charge in [0.15, 0.2) is 0 Å². The third kappa shape index (κ3) is 3.23. The lowest BCUT2D eigenvalue weighted by Crippen LogP contribution is -2.13. The van der Waals surface area contributed by atoms with Crippen LogP contribution in [0, 0.1) is 12.7 Å². The Hall–Kier alpha value is -2.99. The molecule has 5 rings (SSSR count). The van der Waals surface area contributed by atoms with Gasteiger partial charge in [0.05, 0.1) is 16.6 Å². The summed E-state index contributed by atoms with van der Waals surface area (Å²) in [6, 6.07) is 12.2. The highest BCUT2D eigenvalue weighted by atomic mass is 32.1. The fraction of sp³-hybridized carbons (Fsp3) is 0.217. The van der Waals surface area contributed by atoms with Crippen molar-refractivity contribution in [2.24, 2.45) is 0 Å². The summed E-state index contributed by atoms with van der Waals surface area (Å²) in [6.45, 7) is 1.81. The monoisotopic (exact) mass is 405 g/mol. The Morgan fingerprint density at radius 1 is 1.17 bits per heavy atom. The molecule has 4 aromatic rings. The van der Waals surface area contributed by atoms with E-state index in [1.54, 1.807) is 17.4 Å². The third-order valence-corrected chi connectivity index (χ3v) is 6.68. The van der Waals surface area contributed by atoms with E-state index in [2.05, 4.69) is 10.3 Å². The third-order valence-electron chi connectivity index (χ3n) is 5.47. The van der Waals surface area contributed by atoms with Crippen molar-refractivity contribution in [1.82, 2.24) is 9.97 Å². The molecule has 1 aliphatic rings. The number of carbonyl (C=O) groups is 1. The van der Waals surface area contributed by atoms with Crippen molar-refractivity contribution < 1.29 is 9.18 Å². The molecule has 2 aromatic carbocycles. The lowest BCUT2D eigenvalue weighted by molar-refractivity contribution is 0.102. The summed E-state index contributed by atoms with van der Waals surface area (Å²) >= 11 is 1.61. The van der Waals surface area contributed by atoms with Gasteiger partial charge in [-0.15, -0.1) is 11.3 Å². The molecule has 0 radical (unpaired) electrons. The van der Waals surface area contributed by atoms with Gasteiger partial charge in [0, 0.05) is 10.4 Å². The van der Waals surface area contributed by atoms with Crippen LogP contribution in [0.1, 0.15) is 39.2 Å². The van der Waals surface area contributed by atoms with Crippen molar-refractivity contribution in [3.05, 3.63) is 69.8 Å². The second-order valence-corrected chi connectivity index (χ2v) is 8.54. The minimum Gasteiger partial charge on any atom is -0.338 e. The lowest BCUT2D eigenvalue weighted by Gasteiger charge is -2.12. The van der Waals surface area contributed by atoms with E-state index >= 15 is 0 Å². The molecule has 0 saturated carbocycles. The van der Waals surface area contributed by atoms with Crippen LogP contribution in [0.25, 0.3) is 22.4 Å². The molecule has 2 heterocycles. The topological polar surface area (TPSA) is 57.8 Å². The van der Waals surface area contributed by atoms with E-state index in [1.807, 2.05) is 31.2 Å². The number of halogens is 1. The van der Waals surface area contributed by atoms with Crippen LogP contribution in [-0.4, -0.2) is 15.9 Å². The second kappa shape index (κ2) is 7.12. The molecular weight excluding hydrogens is 385 g/mol. The molecule has 0 spiro atoms. The first kappa shape index (κ1) is 18.1. The molecule has 29 heavy (non-hydrogen) atoms. The summed E-state index contributed by atoms with van der Waals surface area (Å²) in [5.41, 5.74) is 5.21. The number of hydrogen-bond acceptors (Lipinski definition) is 3. The van der Waals surface area contributed by atoms with Gasteiger partial charge in [-0.3, -0.25) is 4.79 Å². The number of amides is 1. The van der Waals surface area contributed by atoms with Gasteiger partial charge in [0.25, 0.3) is 5.91 Å². The van der Waals surface area contributed by atoms with Crippen molar-refractivity contribution in [3.8, 4) is 11.4 Å². The lowest BCUT2D eigenvalue weighted by atomic mass is 9.95. The summed E-state index contributed by atoms with van der Waals surface area (Å²) < 4.78 is 13.7. The molecule has 0 bridgehead atoms. The number of para-hydroxylation sites is 2. The van der Waals surface area contributed by atoms with Gasteiger partial charge < -0.3 is 10.3 Å². The van der Waals surface area contributed by atoms with Crippen molar-refractivity contribution in [1.29, 1.82) is 0 Å². The Labute approximate surface area is 171 Å². The normalized spacial score (nSPS) is 13.4. The predicted octanol–water partition coefficient (Wildman–Crippen LogP) is 5.87. The van der Waals surface area contributed by atoms with Crippen molar-refractivity contribution >= 4 is 33.3 Å². The SMILES string of the molecule is Cc1ccc(F)cc1C(=O)Nc1sc2c(c1-c1nc3ccccc3[nH]1)CCCC2. The Bertz CT molecular complexity index is 1210. The van der Waals surface area contributed by atoms with Gasteiger partial charge in [0.2, 0.25) is 0 Å². The van der Waals surface area contributed by atoms with Crippen molar-refractivity contribution in [3.63, 3.8) is 0 Å². The minimum absolute atomic E-state index is 0.294. The van der Waals surface area contributed by atoms with E-state index < -0.39 is 5.82 Å². The second-order valence-electron chi connectivity index (χ2n) is 7.43. The highest BCUT2D eigenvalue weighted by Gasteiger charge is 2.25. The highest BCUT2D eigenvalue weighted by Crippen LogP contribution is 2.43. The average Bonchev–Trinajstić information content (AvgIpc) is 3.30. The molecular formula is C23H20FN3OS. The summed E-state index contributed by atoms with van der Waals surface area (Å²) in [5, 5.41) is 3.83. The van der Waals surface area contributed by atoms with Gasteiger partial charge >= 0.3 is 0 Å². The standard InChI is InChI=1S/C23H20FN3OS/c1-13-10-11-14(24)12-16(13)22(28)27-23-20(15-6-2-5-9-19(15)29-23)21-25-17-7-3-4-8-18(17)26-21/h3-4,7-8,10-12H,2,5-6,9H2,1H3,(H,25,26)(H,27,28). The zero-order valence-corrected chi connectivity index (χ0v) is 16.8. The molecule has 0 fully saturated rings. The summed E-state index contributed by atoms with van der Waals surface area (Å²) in [5.74, 6) is 0.0681. The summed E-state index contributed by atoms with van der Waals surface area (Å²) in [4.78, 5) is 22.4. The van der Waals surface area contributed by atoms with E-state index in [-0.39, 0.29) is 5.91 Å². The van der Waals surface area contributed by atoms with Crippen LogP contribution in [0.5, 0.6) is 0 Å². The molecule has 4 nitrogen and oxygen atoms in total.